The molecule has 1 heterocycles. The van der Waals surface area contributed by atoms with Crippen LogP contribution in [-0.4, -0.2) is 12.6 Å². The molecule has 28 valence electrons. The molecule has 0 radical (unpaired) electrons. The van der Waals surface area contributed by atoms with Crippen LogP contribution < -0.4 is 5.32 Å². The van der Waals surface area contributed by atoms with Gasteiger partial charge in [-0.2, -0.15) is 0 Å². The van der Waals surface area contributed by atoms with Crippen molar-refractivity contribution in [2.24, 2.45) is 5.92 Å². The lowest BCUT2D eigenvalue weighted by atomic mass is 10.3. The van der Waals surface area contributed by atoms with Crippen LogP contribution in [0.15, 0.2) is 0 Å². The van der Waals surface area contributed by atoms with E-state index in [0.717, 1.165) is 12.0 Å². The quantitative estimate of drug-likeness (QED) is 0.421. The monoisotopic (exact) mass is 69.1 g/mol. The number of rotatable bonds is 0. The molecule has 1 nitrogen and oxygen atoms in total. The molecular weight excluding hydrogens is 62.1 g/mol. The summed E-state index contributed by atoms with van der Waals surface area (Å²) in [6.45, 7) is 1.31. The van der Waals surface area contributed by atoms with E-state index in [1.807, 2.05) is 0 Å². The second kappa shape index (κ2) is 0.432. The fourth-order valence-electron chi connectivity index (χ4n) is 0.865. The summed E-state index contributed by atoms with van der Waals surface area (Å²) in [4.78, 5) is 0. The molecule has 1 aliphatic carbocycles. The first-order chi connectivity index (χ1) is 2.47. The van der Waals surface area contributed by atoms with Crippen LogP contribution in [0.1, 0.15) is 6.42 Å². The van der Waals surface area contributed by atoms with Gasteiger partial charge in [-0.15, -0.1) is 0 Å². The van der Waals surface area contributed by atoms with Gasteiger partial charge >= 0.3 is 0 Å². The van der Waals surface area contributed by atoms with E-state index in [-0.39, 0.29) is 0 Å². The Morgan fingerprint density at radius 2 is 2.40 bits per heavy atom. The molecule has 1 aliphatic heterocycles. The van der Waals surface area contributed by atoms with Gasteiger partial charge in [-0.25, -0.2) is 0 Å². The van der Waals surface area contributed by atoms with Crippen molar-refractivity contribution in [3.8, 4) is 0 Å². The Hall–Kier alpha value is -0.0400. The highest BCUT2D eigenvalue weighted by Crippen LogP contribution is 2.36. The second-order valence-corrected chi connectivity index (χ2v) is 2.01. The van der Waals surface area contributed by atoms with E-state index in [9.17, 15) is 0 Å². The summed E-state index contributed by atoms with van der Waals surface area (Å²) in [5.41, 5.74) is 0. The van der Waals surface area contributed by atoms with Crippen LogP contribution >= 0.6 is 0 Å². The zero-order valence-corrected chi connectivity index (χ0v) is 3.07. The minimum atomic E-state index is 0.981. The van der Waals surface area contributed by atoms with Crippen LogP contribution in [0.3, 0.4) is 0 Å². The van der Waals surface area contributed by atoms with E-state index in [1.54, 1.807) is 0 Å². The molecule has 1 saturated heterocycles. The second-order valence-electron chi connectivity index (χ2n) is 2.01. The van der Waals surface area contributed by atoms with Crippen molar-refractivity contribution in [2.45, 2.75) is 12.5 Å². The molecule has 0 aromatic carbocycles. The zero-order valence-electron chi connectivity index (χ0n) is 3.07. The predicted molar refractivity (Wildman–Crippen MR) is 19.9 cm³/mol. The average molecular weight is 69.1 g/mol. The summed E-state index contributed by atoms with van der Waals surface area (Å²) < 4.78 is 0. The molecule has 1 N–H and O–H groups in total. The van der Waals surface area contributed by atoms with Crippen molar-refractivity contribution in [1.29, 1.82) is 0 Å². The Bertz CT molecular complexity index is 48.7. The molecule has 0 bridgehead atoms. The zero-order chi connectivity index (χ0) is 3.28. The first kappa shape index (κ1) is 2.19. The van der Waals surface area contributed by atoms with Crippen LogP contribution in [0.4, 0.5) is 0 Å². The van der Waals surface area contributed by atoms with Crippen LogP contribution in [0.2, 0.25) is 0 Å². The molecule has 2 aliphatic rings. The maximum Gasteiger partial charge on any atom is 0.0112 e. The fourth-order valence-corrected chi connectivity index (χ4v) is 0.865. The molecular formula is C4H7N. The minimum Gasteiger partial charge on any atom is -0.313 e. The van der Waals surface area contributed by atoms with Gasteiger partial charge < -0.3 is 5.32 Å². The highest BCUT2D eigenvalue weighted by atomic mass is 15.1. The molecule has 1 heteroatoms. The third-order valence-electron chi connectivity index (χ3n) is 1.56. The summed E-state index contributed by atoms with van der Waals surface area (Å²) in [7, 11) is 0. The summed E-state index contributed by atoms with van der Waals surface area (Å²) in [6.07, 6.45) is 1.47. The maximum absolute atomic E-state index is 3.28. The normalized spacial score (nSPS) is 57.6. The lowest BCUT2D eigenvalue weighted by Crippen LogP contribution is -2.32. The topological polar surface area (TPSA) is 12.0 Å². The highest BCUT2D eigenvalue weighted by molar-refractivity contribution is 5.03. The number of hydrogen-bond acceptors (Lipinski definition) is 1. The summed E-state index contributed by atoms with van der Waals surface area (Å²) in [5.74, 6) is 1.12. The number of nitrogens with one attached hydrogen (secondary N) is 1. The Kier molecular flexibility index (Phi) is 0.189. The Morgan fingerprint density at radius 1 is 1.60 bits per heavy atom. The molecule has 2 atom stereocenters. The standard InChI is InChI=1S/C4H7N/c1-3-2-5-4(1)3/h3-5H,1-2H2. The summed E-state index contributed by atoms with van der Waals surface area (Å²) in [5, 5.41) is 3.28. The number of fused-ring (bicyclic) bond motifs is 1. The number of hydrogen-bond donors (Lipinski definition) is 1. The molecule has 1 saturated carbocycles. The largest absolute Gasteiger partial charge is 0.313 e. The Balaban J connectivity index is 2.19. The first-order valence-electron chi connectivity index (χ1n) is 2.20. The lowest BCUT2D eigenvalue weighted by molar-refractivity contribution is 0.506. The van der Waals surface area contributed by atoms with Gasteiger partial charge in [-0.05, 0) is 18.9 Å². The molecule has 5 heavy (non-hydrogen) atoms. The third kappa shape index (κ3) is 0.127. The average Bonchev–Trinajstić information content (AvgIpc) is 1.74. The molecule has 0 amide bonds. The smallest absolute Gasteiger partial charge is 0.0112 e. The third-order valence-corrected chi connectivity index (χ3v) is 1.56. The van der Waals surface area contributed by atoms with Gasteiger partial charge in [-0.1, -0.05) is 0 Å². The van der Waals surface area contributed by atoms with Crippen molar-refractivity contribution in [3.63, 3.8) is 0 Å². The Labute approximate surface area is 31.4 Å². The molecule has 2 fully saturated rings. The molecule has 2 unspecified atom stereocenters. The van der Waals surface area contributed by atoms with Gasteiger partial charge in [0.1, 0.15) is 0 Å². The van der Waals surface area contributed by atoms with Crippen molar-refractivity contribution in [2.75, 3.05) is 6.54 Å². The van der Waals surface area contributed by atoms with Gasteiger partial charge in [-0.3, -0.25) is 0 Å². The van der Waals surface area contributed by atoms with Crippen molar-refractivity contribution in [1.82, 2.24) is 5.32 Å². The van der Waals surface area contributed by atoms with E-state index < -0.39 is 0 Å². The van der Waals surface area contributed by atoms with Crippen LogP contribution in [-0.2, 0) is 0 Å². The van der Waals surface area contributed by atoms with Gasteiger partial charge in [0.15, 0.2) is 0 Å². The Morgan fingerprint density at radius 3 is 2.40 bits per heavy atom. The minimum absolute atomic E-state index is 0.981. The van der Waals surface area contributed by atoms with E-state index in [0.29, 0.717) is 0 Å². The molecule has 0 aromatic heterocycles. The van der Waals surface area contributed by atoms with Crippen molar-refractivity contribution >= 4 is 0 Å². The van der Waals surface area contributed by atoms with Gasteiger partial charge in [0.25, 0.3) is 0 Å². The van der Waals surface area contributed by atoms with Crippen molar-refractivity contribution in [3.05, 3.63) is 0 Å². The van der Waals surface area contributed by atoms with E-state index in [4.69, 9.17) is 0 Å². The van der Waals surface area contributed by atoms with Crippen LogP contribution in [0.25, 0.3) is 0 Å². The first-order valence-corrected chi connectivity index (χ1v) is 2.20. The van der Waals surface area contributed by atoms with Crippen molar-refractivity contribution < 1.29 is 0 Å². The fraction of sp³-hybridized carbons (Fsp3) is 1.00. The van der Waals surface area contributed by atoms with E-state index >= 15 is 0 Å². The molecule has 0 spiro atoms. The van der Waals surface area contributed by atoms with Gasteiger partial charge in [0.05, 0.1) is 0 Å². The van der Waals surface area contributed by atoms with Crippen LogP contribution in [0.5, 0.6) is 0 Å². The van der Waals surface area contributed by atoms with Crippen LogP contribution in [0, 0.1) is 5.92 Å². The maximum atomic E-state index is 3.28. The van der Waals surface area contributed by atoms with E-state index in [1.165, 1.54) is 13.0 Å². The summed E-state index contributed by atoms with van der Waals surface area (Å²) >= 11 is 0. The van der Waals surface area contributed by atoms with Gasteiger partial charge in [0, 0.05) is 6.04 Å². The SMILES string of the molecule is C1NC2CC12. The van der Waals surface area contributed by atoms with Gasteiger partial charge in [0.2, 0.25) is 0 Å². The van der Waals surface area contributed by atoms with E-state index in [2.05, 4.69) is 5.32 Å². The lowest BCUT2D eigenvalue weighted by Gasteiger charge is -2.09. The predicted octanol–water partition coefficient (Wildman–Crippen LogP) is -0.0219. The molecule has 0 aromatic rings. The highest BCUT2D eigenvalue weighted by Gasteiger charge is 2.44. The molecule has 2 rings (SSSR count). The summed E-state index contributed by atoms with van der Waals surface area (Å²) in [6, 6.07) is 0.981.